The lowest BCUT2D eigenvalue weighted by Gasteiger charge is -2.27. The van der Waals surface area contributed by atoms with E-state index in [1.165, 1.54) is 19.2 Å². The van der Waals surface area contributed by atoms with Crippen molar-refractivity contribution in [2.24, 2.45) is 5.92 Å². The molecule has 0 saturated carbocycles. The van der Waals surface area contributed by atoms with Gasteiger partial charge in [-0.2, -0.15) is 25.3 Å². The average molecular weight is 484 g/mol. The number of nitrogens with one attached hydrogen (secondary N) is 1. The number of esters is 1. The van der Waals surface area contributed by atoms with Crippen molar-refractivity contribution in [1.82, 2.24) is 15.1 Å². The van der Waals surface area contributed by atoms with Crippen LogP contribution in [-0.4, -0.2) is 85.1 Å². The maximum Gasteiger partial charge on any atom is 0.310 e. The normalized spacial score (nSPS) is 24.8. The van der Waals surface area contributed by atoms with Crippen LogP contribution in [0.1, 0.15) is 30.7 Å². The van der Waals surface area contributed by atoms with Gasteiger partial charge in [0.25, 0.3) is 0 Å². The van der Waals surface area contributed by atoms with Gasteiger partial charge in [0, 0.05) is 42.6 Å². The standard InChI is InChI=1S/C23H34FN3O3S2/c1-30-23(29)22-19-8-7-18(21(22)16-3-5-17(24)6-4-16)27(19)11-2-10-26(12-14-32)15-20(28)25-9-13-31/h3-6,18-19,21-22,31-32H,2,7-15H2,1H3,(H,25,28)/t18-,19?,21?,22?/m0/s1. The first-order chi connectivity index (χ1) is 15.5. The lowest BCUT2D eigenvalue weighted by molar-refractivity contribution is -0.147. The van der Waals surface area contributed by atoms with Gasteiger partial charge in [-0.25, -0.2) is 4.39 Å². The van der Waals surface area contributed by atoms with Crippen molar-refractivity contribution in [3.63, 3.8) is 0 Å². The Bertz CT molecular complexity index is 767. The van der Waals surface area contributed by atoms with E-state index >= 15 is 0 Å². The van der Waals surface area contributed by atoms with Crippen molar-refractivity contribution in [3.8, 4) is 0 Å². The van der Waals surface area contributed by atoms with Crippen molar-refractivity contribution >= 4 is 37.1 Å². The van der Waals surface area contributed by atoms with E-state index in [0.717, 1.165) is 44.5 Å². The Morgan fingerprint density at radius 3 is 2.53 bits per heavy atom. The van der Waals surface area contributed by atoms with Gasteiger partial charge in [-0.05, 0) is 50.0 Å². The Kier molecular flexibility index (Phi) is 9.70. The van der Waals surface area contributed by atoms with E-state index in [2.05, 4.69) is 40.4 Å². The first kappa shape index (κ1) is 25.3. The Morgan fingerprint density at radius 1 is 1.16 bits per heavy atom. The molecule has 1 aromatic rings. The number of fused-ring (bicyclic) bond motifs is 2. The Hall–Kier alpha value is -1.29. The summed E-state index contributed by atoms with van der Waals surface area (Å²) in [5.74, 6) is 0.634. The summed E-state index contributed by atoms with van der Waals surface area (Å²) in [6.07, 6.45) is 2.88. The van der Waals surface area contributed by atoms with Crippen molar-refractivity contribution < 1.29 is 18.7 Å². The third-order valence-electron chi connectivity index (χ3n) is 6.66. The molecule has 1 aromatic carbocycles. The van der Waals surface area contributed by atoms with Crippen LogP contribution >= 0.6 is 25.3 Å². The molecule has 32 heavy (non-hydrogen) atoms. The van der Waals surface area contributed by atoms with Gasteiger partial charge >= 0.3 is 5.97 Å². The van der Waals surface area contributed by atoms with Crippen LogP contribution in [0.5, 0.6) is 0 Å². The van der Waals surface area contributed by atoms with E-state index in [9.17, 15) is 14.0 Å². The quantitative estimate of drug-likeness (QED) is 0.314. The summed E-state index contributed by atoms with van der Waals surface area (Å²) in [5.41, 5.74) is 0.997. The highest BCUT2D eigenvalue weighted by Gasteiger charge is 2.56. The summed E-state index contributed by atoms with van der Waals surface area (Å²) in [5, 5.41) is 2.86. The second kappa shape index (κ2) is 12.3. The molecule has 3 rings (SSSR count). The minimum absolute atomic E-state index is 0.00389. The monoisotopic (exact) mass is 483 g/mol. The summed E-state index contributed by atoms with van der Waals surface area (Å²) < 4.78 is 18.6. The number of methoxy groups -OCH3 is 1. The molecule has 0 spiro atoms. The SMILES string of the molecule is COC(=O)C1C(c2ccc(F)cc2)[C@@H]2CCC1N2CCCN(CCS)CC(=O)NCCS. The zero-order chi connectivity index (χ0) is 23.1. The molecule has 1 amide bonds. The molecule has 2 aliphatic rings. The third kappa shape index (κ3) is 5.98. The van der Waals surface area contributed by atoms with Gasteiger partial charge < -0.3 is 10.1 Å². The molecule has 1 N–H and O–H groups in total. The predicted molar refractivity (Wildman–Crippen MR) is 130 cm³/mol. The van der Waals surface area contributed by atoms with E-state index < -0.39 is 0 Å². The molecule has 0 aliphatic carbocycles. The minimum atomic E-state index is -0.272. The maximum absolute atomic E-state index is 13.5. The van der Waals surface area contributed by atoms with Crippen molar-refractivity contribution in [3.05, 3.63) is 35.6 Å². The fourth-order valence-electron chi connectivity index (χ4n) is 5.40. The number of rotatable bonds is 12. The number of halogens is 1. The van der Waals surface area contributed by atoms with Gasteiger partial charge in [-0.3, -0.25) is 19.4 Å². The minimum Gasteiger partial charge on any atom is -0.469 e. The lowest BCUT2D eigenvalue weighted by Crippen LogP contribution is -2.40. The van der Waals surface area contributed by atoms with Crippen LogP contribution in [-0.2, 0) is 14.3 Å². The summed E-state index contributed by atoms with van der Waals surface area (Å²) in [6, 6.07) is 6.91. The number of thiol groups is 2. The molecule has 4 atom stereocenters. The zero-order valence-corrected chi connectivity index (χ0v) is 20.4. The van der Waals surface area contributed by atoms with Crippen molar-refractivity contribution in [2.75, 3.05) is 51.3 Å². The predicted octanol–water partition coefficient (Wildman–Crippen LogP) is 2.21. The van der Waals surface area contributed by atoms with Gasteiger partial charge in [0.1, 0.15) is 5.82 Å². The summed E-state index contributed by atoms with van der Waals surface area (Å²) in [4.78, 5) is 29.3. The third-order valence-corrected chi connectivity index (χ3v) is 7.09. The van der Waals surface area contributed by atoms with Crippen molar-refractivity contribution in [2.45, 2.75) is 37.3 Å². The second-order valence-electron chi connectivity index (χ2n) is 8.50. The number of hydrogen-bond acceptors (Lipinski definition) is 7. The molecule has 0 radical (unpaired) electrons. The highest BCUT2D eigenvalue weighted by atomic mass is 32.1. The summed E-state index contributed by atoms with van der Waals surface area (Å²) in [6.45, 7) is 3.29. The molecule has 0 aromatic heterocycles. The maximum atomic E-state index is 13.5. The van der Waals surface area contributed by atoms with E-state index in [1.54, 1.807) is 12.1 Å². The molecule has 178 valence electrons. The topological polar surface area (TPSA) is 61.9 Å². The summed E-state index contributed by atoms with van der Waals surface area (Å²) >= 11 is 8.46. The number of nitrogens with zero attached hydrogens (tertiary/aromatic N) is 2. The van der Waals surface area contributed by atoms with Crippen LogP contribution in [0.3, 0.4) is 0 Å². The lowest BCUT2D eigenvalue weighted by atomic mass is 9.75. The molecular formula is C23H34FN3O3S2. The molecule has 2 fully saturated rings. The number of carbonyl (C=O) groups is 2. The Balaban J connectivity index is 1.64. The molecule has 9 heteroatoms. The van der Waals surface area contributed by atoms with Crippen LogP contribution in [0.15, 0.2) is 24.3 Å². The smallest absolute Gasteiger partial charge is 0.310 e. The number of hydrogen-bond donors (Lipinski definition) is 3. The van der Waals surface area contributed by atoms with Crippen LogP contribution in [0.4, 0.5) is 4.39 Å². The summed E-state index contributed by atoms with van der Waals surface area (Å²) in [7, 11) is 1.44. The van der Waals surface area contributed by atoms with Crippen LogP contribution < -0.4 is 5.32 Å². The number of amides is 1. The fourth-order valence-corrected chi connectivity index (χ4v) is 5.79. The first-order valence-corrected chi connectivity index (χ1v) is 12.6. The zero-order valence-electron chi connectivity index (χ0n) is 18.6. The van der Waals surface area contributed by atoms with E-state index in [0.29, 0.717) is 24.6 Å². The van der Waals surface area contributed by atoms with Gasteiger partial charge in [0.2, 0.25) is 5.91 Å². The molecule has 3 unspecified atom stereocenters. The Labute approximate surface area is 201 Å². The first-order valence-electron chi connectivity index (χ1n) is 11.3. The molecule has 2 heterocycles. The Morgan fingerprint density at radius 2 is 1.88 bits per heavy atom. The van der Waals surface area contributed by atoms with Crippen LogP contribution in [0.25, 0.3) is 0 Å². The molecule has 6 nitrogen and oxygen atoms in total. The van der Waals surface area contributed by atoms with E-state index in [-0.39, 0.29) is 41.6 Å². The molecular weight excluding hydrogens is 449 g/mol. The van der Waals surface area contributed by atoms with Crippen molar-refractivity contribution in [1.29, 1.82) is 0 Å². The number of ether oxygens (including phenoxy) is 1. The van der Waals surface area contributed by atoms with Gasteiger partial charge in [-0.1, -0.05) is 12.1 Å². The van der Waals surface area contributed by atoms with Gasteiger partial charge in [-0.15, -0.1) is 0 Å². The molecule has 2 saturated heterocycles. The van der Waals surface area contributed by atoms with E-state index in [4.69, 9.17) is 4.74 Å². The van der Waals surface area contributed by atoms with Gasteiger partial charge in [0.05, 0.1) is 19.6 Å². The largest absolute Gasteiger partial charge is 0.469 e. The average Bonchev–Trinajstić information content (AvgIpc) is 3.33. The molecule has 2 bridgehead atoms. The highest BCUT2D eigenvalue weighted by Crippen LogP contribution is 2.51. The number of carbonyl (C=O) groups excluding carboxylic acids is 2. The van der Waals surface area contributed by atoms with E-state index in [1.807, 2.05) is 0 Å². The van der Waals surface area contributed by atoms with Crippen LogP contribution in [0, 0.1) is 11.7 Å². The van der Waals surface area contributed by atoms with Gasteiger partial charge in [0.15, 0.2) is 0 Å². The highest BCUT2D eigenvalue weighted by molar-refractivity contribution is 7.80. The molecule has 2 aliphatic heterocycles. The second-order valence-corrected chi connectivity index (χ2v) is 9.40. The number of benzene rings is 1. The van der Waals surface area contributed by atoms with Crippen LogP contribution in [0.2, 0.25) is 0 Å². The fraction of sp³-hybridized carbons (Fsp3) is 0.652.